The van der Waals surface area contributed by atoms with Crippen molar-refractivity contribution in [3.8, 4) is 0 Å². The van der Waals surface area contributed by atoms with Crippen LogP contribution >= 0.6 is 11.3 Å². The fourth-order valence-electron chi connectivity index (χ4n) is 4.39. The molecule has 3 aromatic rings. The largest absolute Gasteiger partial charge is 0.462 e. The Morgan fingerprint density at radius 1 is 1.03 bits per heavy atom. The third kappa shape index (κ3) is 5.17. The molecule has 4 rings (SSSR count). The molecule has 1 aliphatic carbocycles. The van der Waals surface area contributed by atoms with Gasteiger partial charge in [0.25, 0.3) is 10.0 Å². The lowest BCUT2D eigenvalue weighted by molar-refractivity contribution is -0.114. The highest BCUT2D eigenvalue weighted by molar-refractivity contribution is 7.92. The van der Waals surface area contributed by atoms with Gasteiger partial charge in [-0.1, -0.05) is 30.3 Å². The van der Waals surface area contributed by atoms with Crippen LogP contribution in [-0.2, 0) is 32.4 Å². The number of rotatable bonds is 8. The van der Waals surface area contributed by atoms with Crippen LogP contribution < -0.4 is 9.62 Å². The number of nitrogens with one attached hydrogen (secondary N) is 1. The van der Waals surface area contributed by atoms with Gasteiger partial charge >= 0.3 is 5.97 Å². The molecule has 1 N–H and O–H groups in total. The molecule has 0 spiro atoms. The van der Waals surface area contributed by atoms with Gasteiger partial charge < -0.3 is 10.1 Å². The van der Waals surface area contributed by atoms with Gasteiger partial charge in [-0.2, -0.15) is 0 Å². The Kier molecular flexibility index (Phi) is 7.80. The van der Waals surface area contributed by atoms with Crippen molar-refractivity contribution in [1.82, 2.24) is 0 Å². The summed E-state index contributed by atoms with van der Waals surface area (Å²) < 4.78 is 33.8. The minimum absolute atomic E-state index is 0.0949. The highest BCUT2D eigenvalue weighted by Crippen LogP contribution is 2.39. The fourth-order valence-corrected chi connectivity index (χ4v) is 7.19. The summed E-state index contributed by atoms with van der Waals surface area (Å²) in [6.45, 7) is 5.26. The zero-order valence-corrected chi connectivity index (χ0v) is 22.3. The number of hydrogen-bond donors (Lipinski definition) is 1. The number of hydrogen-bond acceptors (Lipinski definition) is 6. The summed E-state index contributed by atoms with van der Waals surface area (Å²) in [5, 5.41) is 3.26. The van der Waals surface area contributed by atoms with Gasteiger partial charge in [0, 0.05) is 4.88 Å². The van der Waals surface area contributed by atoms with Crippen molar-refractivity contribution in [1.29, 1.82) is 0 Å². The van der Waals surface area contributed by atoms with Crippen molar-refractivity contribution < 1.29 is 22.7 Å². The zero-order chi connectivity index (χ0) is 25.9. The van der Waals surface area contributed by atoms with Crippen molar-refractivity contribution in [3.05, 3.63) is 75.7 Å². The Labute approximate surface area is 216 Å². The van der Waals surface area contributed by atoms with Crippen LogP contribution in [0.5, 0.6) is 0 Å². The summed E-state index contributed by atoms with van der Waals surface area (Å²) in [5.41, 5.74) is 3.45. The van der Waals surface area contributed by atoms with Crippen molar-refractivity contribution in [2.45, 2.75) is 51.3 Å². The van der Waals surface area contributed by atoms with E-state index in [0.717, 1.165) is 51.6 Å². The summed E-state index contributed by atoms with van der Waals surface area (Å²) >= 11 is 1.38. The molecule has 0 saturated carbocycles. The average Bonchev–Trinajstić information content (AvgIpc) is 3.23. The van der Waals surface area contributed by atoms with Crippen LogP contribution in [-0.4, -0.2) is 33.4 Å². The van der Waals surface area contributed by atoms with Gasteiger partial charge in [-0.3, -0.25) is 9.10 Å². The second-order valence-electron chi connectivity index (χ2n) is 8.73. The fraction of sp³-hybridized carbons (Fsp3) is 0.333. The second kappa shape index (κ2) is 10.8. The molecule has 1 amide bonds. The Morgan fingerprint density at radius 2 is 1.75 bits per heavy atom. The second-order valence-corrected chi connectivity index (χ2v) is 11.7. The van der Waals surface area contributed by atoms with Crippen molar-refractivity contribution in [2.75, 3.05) is 22.8 Å². The molecule has 0 aliphatic heterocycles. The van der Waals surface area contributed by atoms with Gasteiger partial charge in [0.1, 0.15) is 11.5 Å². The number of ether oxygens (including phenoxy) is 1. The molecule has 9 heteroatoms. The molecule has 1 aliphatic rings. The highest BCUT2D eigenvalue weighted by Gasteiger charge is 2.31. The van der Waals surface area contributed by atoms with E-state index >= 15 is 0 Å². The first-order valence-electron chi connectivity index (χ1n) is 12.0. The predicted octanol–water partition coefficient (Wildman–Crippen LogP) is 5.25. The number of fused-ring (bicyclic) bond motifs is 1. The molecule has 0 saturated heterocycles. The van der Waals surface area contributed by atoms with Crippen LogP contribution in [0, 0.1) is 13.8 Å². The van der Waals surface area contributed by atoms with E-state index in [1.807, 2.05) is 19.9 Å². The number of sulfonamides is 1. The SMILES string of the molecule is CCOC(=O)c1c(NC(=O)CN(c2cccc(C)c2C)S(=O)(=O)c2ccccc2)sc2c1CCCC2. The zero-order valence-electron chi connectivity index (χ0n) is 20.7. The van der Waals surface area contributed by atoms with Crippen LogP contribution in [0.3, 0.4) is 0 Å². The van der Waals surface area contributed by atoms with E-state index in [9.17, 15) is 18.0 Å². The molecule has 1 heterocycles. The lowest BCUT2D eigenvalue weighted by atomic mass is 9.95. The van der Waals surface area contributed by atoms with Gasteiger partial charge in [-0.05, 0) is 81.3 Å². The first kappa shape index (κ1) is 25.9. The molecule has 0 bridgehead atoms. The van der Waals surface area contributed by atoms with E-state index in [1.165, 1.54) is 23.5 Å². The standard InChI is InChI=1S/C27H30N2O5S2/c1-4-34-27(31)25-21-14-8-9-16-23(21)35-26(25)28-24(30)17-29(22-15-10-11-18(2)19(22)3)36(32,33)20-12-6-5-7-13-20/h5-7,10-13,15H,4,8-9,14,16-17H2,1-3H3,(H,28,30). The maximum Gasteiger partial charge on any atom is 0.341 e. The van der Waals surface area contributed by atoms with Gasteiger partial charge in [0.2, 0.25) is 5.91 Å². The summed E-state index contributed by atoms with van der Waals surface area (Å²) in [4.78, 5) is 27.3. The summed E-state index contributed by atoms with van der Waals surface area (Å²) in [6.07, 6.45) is 3.60. The van der Waals surface area contributed by atoms with E-state index in [-0.39, 0.29) is 11.5 Å². The molecule has 1 aromatic heterocycles. The number of carbonyl (C=O) groups excluding carboxylic acids is 2. The quantitative estimate of drug-likeness (QED) is 0.405. The molecule has 190 valence electrons. The molecule has 0 atom stereocenters. The van der Waals surface area contributed by atoms with E-state index in [0.29, 0.717) is 16.3 Å². The Balaban J connectivity index is 1.70. The number of esters is 1. The van der Waals surface area contributed by atoms with Crippen LogP contribution in [0.1, 0.15) is 51.7 Å². The summed E-state index contributed by atoms with van der Waals surface area (Å²) in [6, 6.07) is 13.4. The highest BCUT2D eigenvalue weighted by atomic mass is 32.2. The van der Waals surface area contributed by atoms with Crippen molar-refractivity contribution in [2.24, 2.45) is 0 Å². The number of aryl methyl sites for hydroxylation is 2. The maximum atomic E-state index is 13.7. The van der Waals surface area contributed by atoms with E-state index in [4.69, 9.17) is 4.74 Å². The lowest BCUT2D eigenvalue weighted by Crippen LogP contribution is -2.38. The third-order valence-corrected chi connectivity index (χ3v) is 9.35. The number of anilines is 2. The number of benzene rings is 2. The smallest absolute Gasteiger partial charge is 0.341 e. The normalized spacial score (nSPS) is 13.1. The molecule has 0 unspecified atom stereocenters. The molecule has 2 aromatic carbocycles. The Hall–Kier alpha value is -3.17. The number of carbonyl (C=O) groups is 2. The molecule has 0 radical (unpaired) electrons. The lowest BCUT2D eigenvalue weighted by Gasteiger charge is -2.26. The first-order valence-corrected chi connectivity index (χ1v) is 14.2. The minimum atomic E-state index is -4.03. The Morgan fingerprint density at radius 3 is 2.47 bits per heavy atom. The Bertz CT molecular complexity index is 1380. The molecular weight excluding hydrogens is 496 g/mol. The number of nitrogens with zero attached hydrogens (tertiary/aromatic N) is 1. The third-order valence-electron chi connectivity index (χ3n) is 6.37. The van der Waals surface area contributed by atoms with Gasteiger partial charge in [0.05, 0.1) is 22.8 Å². The van der Waals surface area contributed by atoms with Crippen molar-refractivity contribution >= 4 is 43.9 Å². The topological polar surface area (TPSA) is 92.8 Å². The first-order chi connectivity index (χ1) is 17.2. The van der Waals surface area contributed by atoms with Crippen LogP contribution in [0.25, 0.3) is 0 Å². The summed E-state index contributed by atoms with van der Waals surface area (Å²) in [7, 11) is -4.03. The van der Waals surface area contributed by atoms with Gasteiger partial charge in [-0.25, -0.2) is 13.2 Å². The van der Waals surface area contributed by atoms with Crippen LogP contribution in [0.15, 0.2) is 53.4 Å². The molecular formula is C27H30N2O5S2. The van der Waals surface area contributed by atoms with Crippen molar-refractivity contribution in [3.63, 3.8) is 0 Å². The van der Waals surface area contributed by atoms with E-state index in [1.54, 1.807) is 37.3 Å². The van der Waals surface area contributed by atoms with Gasteiger partial charge in [0.15, 0.2) is 0 Å². The minimum Gasteiger partial charge on any atom is -0.462 e. The number of thiophene rings is 1. The average molecular weight is 527 g/mol. The summed E-state index contributed by atoms with van der Waals surface area (Å²) in [5.74, 6) is -0.991. The number of amides is 1. The predicted molar refractivity (Wildman–Crippen MR) is 142 cm³/mol. The van der Waals surface area contributed by atoms with E-state index < -0.39 is 28.4 Å². The van der Waals surface area contributed by atoms with E-state index in [2.05, 4.69) is 5.32 Å². The molecule has 0 fully saturated rings. The maximum absolute atomic E-state index is 13.7. The van der Waals surface area contributed by atoms with Gasteiger partial charge in [-0.15, -0.1) is 11.3 Å². The van der Waals surface area contributed by atoms with Crippen LogP contribution in [0.2, 0.25) is 0 Å². The monoisotopic (exact) mass is 526 g/mol. The molecule has 7 nitrogen and oxygen atoms in total. The van der Waals surface area contributed by atoms with Crippen LogP contribution in [0.4, 0.5) is 10.7 Å². The molecule has 36 heavy (non-hydrogen) atoms.